The monoisotopic (exact) mass is 233 g/mol. The standard InChI is InChI=1S/C11H20ClNO2/c1-3-10(12)11(14)13-6-5-9(7-13)8-15-4-2/h9-10H,3-8H2,1-2H3/t9-,10+/m1/s1. The Hall–Kier alpha value is -0.280. The molecule has 0 spiro atoms. The smallest absolute Gasteiger partial charge is 0.240 e. The number of rotatable bonds is 5. The summed E-state index contributed by atoms with van der Waals surface area (Å²) in [6.07, 6.45) is 1.74. The van der Waals surface area contributed by atoms with Gasteiger partial charge in [-0.1, -0.05) is 6.92 Å². The van der Waals surface area contributed by atoms with E-state index >= 15 is 0 Å². The summed E-state index contributed by atoms with van der Waals surface area (Å²) in [6, 6.07) is 0. The van der Waals surface area contributed by atoms with Gasteiger partial charge in [-0.15, -0.1) is 11.6 Å². The minimum Gasteiger partial charge on any atom is -0.381 e. The Bertz CT molecular complexity index is 211. The summed E-state index contributed by atoms with van der Waals surface area (Å²) in [5.41, 5.74) is 0. The summed E-state index contributed by atoms with van der Waals surface area (Å²) >= 11 is 5.93. The zero-order valence-electron chi connectivity index (χ0n) is 9.54. The third kappa shape index (κ3) is 3.65. The molecule has 88 valence electrons. The van der Waals surface area contributed by atoms with Crippen LogP contribution in [-0.2, 0) is 9.53 Å². The maximum atomic E-state index is 11.7. The number of ether oxygens (including phenoxy) is 1. The van der Waals surface area contributed by atoms with E-state index in [4.69, 9.17) is 16.3 Å². The summed E-state index contributed by atoms with van der Waals surface area (Å²) in [4.78, 5) is 13.6. The maximum Gasteiger partial charge on any atom is 0.240 e. The van der Waals surface area contributed by atoms with Crippen molar-refractivity contribution in [1.29, 1.82) is 0 Å². The molecule has 0 aromatic rings. The van der Waals surface area contributed by atoms with Gasteiger partial charge in [0.25, 0.3) is 0 Å². The van der Waals surface area contributed by atoms with Gasteiger partial charge in [-0.3, -0.25) is 4.79 Å². The zero-order chi connectivity index (χ0) is 11.3. The molecule has 1 saturated heterocycles. The van der Waals surface area contributed by atoms with E-state index in [1.807, 2.05) is 18.7 Å². The van der Waals surface area contributed by atoms with Gasteiger partial charge in [0.15, 0.2) is 0 Å². The third-order valence-electron chi connectivity index (χ3n) is 2.78. The molecule has 2 atom stereocenters. The average molecular weight is 234 g/mol. The van der Waals surface area contributed by atoms with Gasteiger partial charge in [-0.2, -0.15) is 0 Å². The number of hydrogen-bond acceptors (Lipinski definition) is 2. The summed E-state index contributed by atoms with van der Waals surface area (Å²) in [6.45, 7) is 7.08. The minimum absolute atomic E-state index is 0.0816. The molecule has 15 heavy (non-hydrogen) atoms. The highest BCUT2D eigenvalue weighted by atomic mass is 35.5. The molecular formula is C11H20ClNO2. The molecule has 1 heterocycles. The molecule has 3 nitrogen and oxygen atoms in total. The molecule has 4 heteroatoms. The first-order chi connectivity index (χ1) is 7.19. The molecule has 0 bridgehead atoms. The lowest BCUT2D eigenvalue weighted by Crippen LogP contribution is -2.35. The molecule has 0 aromatic carbocycles. The Morgan fingerprint density at radius 1 is 1.60 bits per heavy atom. The van der Waals surface area contributed by atoms with Crippen molar-refractivity contribution in [2.75, 3.05) is 26.3 Å². The maximum absolute atomic E-state index is 11.7. The topological polar surface area (TPSA) is 29.5 Å². The van der Waals surface area contributed by atoms with Crippen molar-refractivity contribution in [3.8, 4) is 0 Å². The van der Waals surface area contributed by atoms with Crippen LogP contribution in [0.3, 0.4) is 0 Å². The van der Waals surface area contributed by atoms with Crippen molar-refractivity contribution >= 4 is 17.5 Å². The number of halogens is 1. The summed E-state index contributed by atoms with van der Waals surface area (Å²) in [7, 11) is 0. The fourth-order valence-corrected chi connectivity index (χ4v) is 1.96. The predicted molar refractivity (Wildman–Crippen MR) is 61.1 cm³/mol. The lowest BCUT2D eigenvalue weighted by Gasteiger charge is -2.19. The van der Waals surface area contributed by atoms with Gasteiger partial charge >= 0.3 is 0 Å². The number of alkyl halides is 1. The third-order valence-corrected chi connectivity index (χ3v) is 3.28. The summed E-state index contributed by atoms with van der Waals surface area (Å²) in [5, 5.41) is -0.351. The molecule has 1 fully saturated rings. The van der Waals surface area contributed by atoms with E-state index in [9.17, 15) is 4.79 Å². The summed E-state index contributed by atoms with van der Waals surface area (Å²) < 4.78 is 5.36. The fraction of sp³-hybridized carbons (Fsp3) is 0.909. The molecular weight excluding hydrogens is 214 g/mol. The predicted octanol–water partition coefficient (Wildman–Crippen LogP) is 1.89. The SMILES string of the molecule is CCOC[C@@H]1CCN(C(=O)[C@@H](Cl)CC)C1. The van der Waals surface area contributed by atoms with Gasteiger partial charge in [0.2, 0.25) is 5.91 Å². The van der Waals surface area contributed by atoms with Crippen LogP contribution >= 0.6 is 11.6 Å². The van der Waals surface area contributed by atoms with Crippen molar-refractivity contribution in [1.82, 2.24) is 4.90 Å². The van der Waals surface area contributed by atoms with Crippen LogP contribution < -0.4 is 0 Å². The number of amides is 1. The van der Waals surface area contributed by atoms with E-state index in [1.165, 1.54) is 0 Å². The molecule has 0 unspecified atom stereocenters. The number of carbonyl (C=O) groups excluding carboxylic acids is 1. The highest BCUT2D eigenvalue weighted by Crippen LogP contribution is 2.19. The van der Waals surface area contributed by atoms with Crippen molar-refractivity contribution in [2.24, 2.45) is 5.92 Å². The molecule has 0 aromatic heterocycles. The van der Waals surface area contributed by atoms with Gasteiger partial charge in [-0.05, 0) is 19.8 Å². The van der Waals surface area contributed by atoms with Crippen LogP contribution in [0.2, 0.25) is 0 Å². The fourth-order valence-electron chi connectivity index (χ4n) is 1.83. The second-order valence-electron chi connectivity index (χ2n) is 3.97. The van der Waals surface area contributed by atoms with Crippen molar-refractivity contribution in [2.45, 2.75) is 32.1 Å². The largest absolute Gasteiger partial charge is 0.381 e. The normalized spacial score (nSPS) is 23.1. The molecule has 0 N–H and O–H groups in total. The Kier molecular flexibility index (Phi) is 5.40. The molecule has 1 amide bonds. The van der Waals surface area contributed by atoms with E-state index in [2.05, 4.69) is 0 Å². The number of carbonyl (C=O) groups is 1. The molecule has 0 saturated carbocycles. The van der Waals surface area contributed by atoms with Crippen molar-refractivity contribution in [3.05, 3.63) is 0 Å². The Labute approximate surface area is 96.7 Å². The molecule has 0 radical (unpaired) electrons. The van der Waals surface area contributed by atoms with Gasteiger partial charge in [0.05, 0.1) is 6.61 Å². The van der Waals surface area contributed by atoms with Gasteiger partial charge in [-0.25, -0.2) is 0 Å². The molecule has 1 rings (SSSR count). The number of nitrogens with zero attached hydrogens (tertiary/aromatic N) is 1. The van der Waals surface area contributed by atoms with Gasteiger partial charge in [0, 0.05) is 25.6 Å². The van der Waals surface area contributed by atoms with E-state index in [1.54, 1.807) is 0 Å². The van der Waals surface area contributed by atoms with Crippen LogP contribution in [0, 0.1) is 5.92 Å². The lowest BCUT2D eigenvalue weighted by molar-refractivity contribution is -0.130. The molecule has 1 aliphatic heterocycles. The van der Waals surface area contributed by atoms with Gasteiger partial charge in [0.1, 0.15) is 5.38 Å². The lowest BCUT2D eigenvalue weighted by atomic mass is 10.1. The van der Waals surface area contributed by atoms with Crippen LogP contribution in [0.5, 0.6) is 0 Å². The van der Waals surface area contributed by atoms with Crippen molar-refractivity contribution in [3.63, 3.8) is 0 Å². The van der Waals surface area contributed by atoms with E-state index in [0.717, 1.165) is 32.7 Å². The second kappa shape index (κ2) is 6.33. The van der Waals surface area contributed by atoms with Gasteiger partial charge < -0.3 is 9.64 Å². The van der Waals surface area contributed by atoms with E-state index in [0.29, 0.717) is 12.3 Å². The first kappa shape index (κ1) is 12.8. The quantitative estimate of drug-likeness (QED) is 0.679. The molecule has 1 aliphatic rings. The van der Waals surface area contributed by atoms with E-state index in [-0.39, 0.29) is 11.3 Å². The van der Waals surface area contributed by atoms with Crippen LogP contribution in [0.1, 0.15) is 26.7 Å². The Morgan fingerprint density at radius 2 is 2.33 bits per heavy atom. The highest BCUT2D eigenvalue weighted by Gasteiger charge is 2.29. The first-order valence-corrected chi connectivity index (χ1v) is 6.13. The van der Waals surface area contributed by atoms with Crippen LogP contribution in [0.15, 0.2) is 0 Å². The Morgan fingerprint density at radius 3 is 2.93 bits per heavy atom. The van der Waals surface area contributed by atoms with Crippen LogP contribution in [-0.4, -0.2) is 42.5 Å². The first-order valence-electron chi connectivity index (χ1n) is 5.69. The average Bonchev–Trinajstić information content (AvgIpc) is 2.72. The molecule has 0 aliphatic carbocycles. The van der Waals surface area contributed by atoms with Crippen molar-refractivity contribution < 1.29 is 9.53 Å². The van der Waals surface area contributed by atoms with Crippen LogP contribution in [0.25, 0.3) is 0 Å². The highest BCUT2D eigenvalue weighted by molar-refractivity contribution is 6.30. The Balaban J connectivity index is 2.32. The minimum atomic E-state index is -0.351. The second-order valence-corrected chi connectivity index (χ2v) is 4.50. The van der Waals surface area contributed by atoms with Crippen LogP contribution in [0.4, 0.5) is 0 Å². The van der Waals surface area contributed by atoms with E-state index < -0.39 is 0 Å². The zero-order valence-corrected chi connectivity index (χ0v) is 10.3. The number of hydrogen-bond donors (Lipinski definition) is 0. The summed E-state index contributed by atoms with van der Waals surface area (Å²) in [5.74, 6) is 0.577. The number of likely N-dealkylation sites (tertiary alicyclic amines) is 1.